The Morgan fingerprint density at radius 3 is 2.71 bits per heavy atom. The number of hydrogen-bond acceptors (Lipinski definition) is 7. The monoisotopic (exact) mass is 436 g/mol. The van der Waals surface area contributed by atoms with Crippen LogP contribution in [0.2, 0.25) is 0 Å². The fourth-order valence-electron chi connectivity index (χ4n) is 4.27. The van der Waals surface area contributed by atoms with Crippen LogP contribution in [0.5, 0.6) is 0 Å². The van der Waals surface area contributed by atoms with E-state index in [4.69, 9.17) is 14.0 Å². The van der Waals surface area contributed by atoms with Gasteiger partial charge in [-0.3, -0.25) is 4.79 Å². The van der Waals surface area contributed by atoms with Crippen LogP contribution in [-0.4, -0.2) is 77.8 Å². The second kappa shape index (κ2) is 9.54. The van der Waals surface area contributed by atoms with Gasteiger partial charge in [-0.1, -0.05) is 5.16 Å². The predicted octanol–water partition coefficient (Wildman–Crippen LogP) is 1.35. The Labute approximate surface area is 181 Å². The molecular weight excluding hydrogens is 404 g/mol. The van der Waals surface area contributed by atoms with Crippen LogP contribution in [0.15, 0.2) is 4.52 Å². The SMILES string of the molecule is Cc1noc(C)c1NC(=O)N1C[C@@H](O)COC[C@@H]2O[C@H](CC(=O)NCC3CC3)CC[C@H]21. The number of amides is 3. The van der Waals surface area contributed by atoms with E-state index in [-0.39, 0.29) is 49.9 Å². The molecule has 1 aromatic heterocycles. The molecule has 0 radical (unpaired) electrons. The van der Waals surface area contributed by atoms with Crippen molar-refractivity contribution in [2.24, 2.45) is 5.92 Å². The number of aliphatic hydroxyl groups excluding tert-OH is 1. The van der Waals surface area contributed by atoms with Gasteiger partial charge in [0.25, 0.3) is 0 Å². The molecule has 0 bridgehead atoms. The van der Waals surface area contributed by atoms with Crippen molar-refractivity contribution in [2.75, 3.05) is 31.6 Å². The van der Waals surface area contributed by atoms with Crippen molar-refractivity contribution in [3.05, 3.63) is 11.5 Å². The number of carbonyl (C=O) groups excluding carboxylic acids is 2. The predicted molar refractivity (Wildman–Crippen MR) is 111 cm³/mol. The lowest BCUT2D eigenvalue weighted by molar-refractivity contribution is -0.149. The zero-order valence-corrected chi connectivity index (χ0v) is 18.1. The van der Waals surface area contributed by atoms with Gasteiger partial charge in [-0.2, -0.15) is 0 Å². The molecule has 1 aliphatic carbocycles. The van der Waals surface area contributed by atoms with Crippen LogP contribution in [0.4, 0.5) is 10.5 Å². The van der Waals surface area contributed by atoms with E-state index in [1.807, 2.05) is 0 Å². The summed E-state index contributed by atoms with van der Waals surface area (Å²) in [6.07, 6.45) is 2.66. The molecule has 3 aliphatic rings. The second-order valence-corrected chi connectivity index (χ2v) is 8.87. The first-order valence-corrected chi connectivity index (χ1v) is 11.1. The molecule has 10 nitrogen and oxygen atoms in total. The highest BCUT2D eigenvalue weighted by Gasteiger charge is 2.40. The third kappa shape index (κ3) is 5.55. The number of β-amino-alcohol motifs (C(OH)–C–C–N with tert-alkyl or cyclic N) is 1. The quantitative estimate of drug-likeness (QED) is 0.636. The van der Waals surface area contributed by atoms with E-state index >= 15 is 0 Å². The number of aryl methyl sites for hydroxylation is 2. The number of aliphatic hydroxyl groups is 1. The Kier molecular flexibility index (Phi) is 6.78. The summed E-state index contributed by atoms with van der Waals surface area (Å²) < 4.78 is 16.9. The molecule has 3 N–H and O–H groups in total. The van der Waals surface area contributed by atoms with E-state index in [0.29, 0.717) is 42.3 Å². The second-order valence-electron chi connectivity index (χ2n) is 8.87. The molecular formula is C21H32N4O6. The van der Waals surface area contributed by atoms with Crippen molar-refractivity contribution in [1.29, 1.82) is 0 Å². The summed E-state index contributed by atoms with van der Waals surface area (Å²) in [5.41, 5.74) is 1.13. The van der Waals surface area contributed by atoms with Crippen LogP contribution in [-0.2, 0) is 14.3 Å². The number of carbonyl (C=O) groups is 2. The fourth-order valence-corrected chi connectivity index (χ4v) is 4.27. The summed E-state index contributed by atoms with van der Waals surface area (Å²) in [5, 5.41) is 20.0. The number of nitrogens with zero attached hydrogens (tertiary/aromatic N) is 2. The lowest BCUT2D eigenvalue weighted by atomic mass is 9.95. The highest BCUT2D eigenvalue weighted by atomic mass is 16.5. The summed E-state index contributed by atoms with van der Waals surface area (Å²) in [7, 11) is 0. The molecule has 2 saturated heterocycles. The molecule has 0 unspecified atom stereocenters. The van der Waals surface area contributed by atoms with Gasteiger partial charge in [0, 0.05) is 6.54 Å². The number of anilines is 1. The van der Waals surface area contributed by atoms with Crippen molar-refractivity contribution >= 4 is 17.6 Å². The van der Waals surface area contributed by atoms with E-state index in [0.717, 1.165) is 6.54 Å². The third-order valence-electron chi connectivity index (χ3n) is 6.21. The van der Waals surface area contributed by atoms with Gasteiger partial charge in [0.15, 0.2) is 5.76 Å². The van der Waals surface area contributed by atoms with Crippen molar-refractivity contribution < 1.29 is 28.7 Å². The molecule has 0 aromatic carbocycles. The molecule has 3 amide bonds. The van der Waals surface area contributed by atoms with Crippen LogP contribution in [0.25, 0.3) is 0 Å². The van der Waals surface area contributed by atoms with Gasteiger partial charge < -0.3 is 34.6 Å². The molecule has 4 rings (SSSR count). The van der Waals surface area contributed by atoms with Gasteiger partial charge in [0.05, 0.1) is 44.4 Å². The van der Waals surface area contributed by atoms with Crippen molar-refractivity contribution in [3.63, 3.8) is 0 Å². The third-order valence-corrected chi connectivity index (χ3v) is 6.21. The number of hydrogen-bond donors (Lipinski definition) is 3. The van der Waals surface area contributed by atoms with Crippen LogP contribution in [0, 0.1) is 19.8 Å². The molecule has 4 atom stereocenters. The standard InChI is InChI=1S/C21H32N4O6/c1-12-20(13(2)31-24-12)23-21(28)25-9-15(26)10-29-11-18-17(25)6-5-16(30-18)7-19(27)22-8-14-3-4-14/h14-18,26H,3-11H2,1-2H3,(H,22,27)(H,23,28)/t15-,16+,17-,18+/m1/s1. The molecule has 3 heterocycles. The highest BCUT2D eigenvalue weighted by molar-refractivity contribution is 5.90. The summed E-state index contributed by atoms with van der Waals surface area (Å²) in [6, 6.07) is -0.601. The van der Waals surface area contributed by atoms with Gasteiger partial charge in [0.2, 0.25) is 5.91 Å². The fraction of sp³-hybridized carbons (Fsp3) is 0.762. The molecule has 3 fully saturated rings. The number of ether oxygens (including phenoxy) is 2. The molecule has 1 aromatic rings. The van der Waals surface area contributed by atoms with Gasteiger partial charge >= 0.3 is 6.03 Å². The first kappa shape index (κ1) is 22.0. The summed E-state index contributed by atoms with van der Waals surface area (Å²) in [4.78, 5) is 27.0. The van der Waals surface area contributed by atoms with E-state index in [2.05, 4.69) is 15.8 Å². The minimum absolute atomic E-state index is 0.00513. The topological polar surface area (TPSA) is 126 Å². The van der Waals surface area contributed by atoms with Crippen LogP contribution in [0.1, 0.15) is 43.6 Å². The lowest BCUT2D eigenvalue weighted by Crippen LogP contribution is -2.58. The van der Waals surface area contributed by atoms with Crippen molar-refractivity contribution in [2.45, 2.75) is 70.3 Å². The first-order valence-electron chi connectivity index (χ1n) is 11.1. The summed E-state index contributed by atoms with van der Waals surface area (Å²) >= 11 is 0. The van der Waals surface area contributed by atoms with Crippen molar-refractivity contribution in [3.8, 4) is 0 Å². The van der Waals surface area contributed by atoms with Crippen LogP contribution >= 0.6 is 0 Å². The Morgan fingerprint density at radius 2 is 2.00 bits per heavy atom. The average molecular weight is 437 g/mol. The Bertz CT molecular complexity index is 775. The number of urea groups is 1. The van der Waals surface area contributed by atoms with Gasteiger partial charge in [0.1, 0.15) is 17.5 Å². The van der Waals surface area contributed by atoms with E-state index < -0.39 is 6.10 Å². The minimum atomic E-state index is -0.790. The Balaban J connectivity index is 1.40. The highest BCUT2D eigenvalue weighted by Crippen LogP contribution is 2.30. The number of aromatic nitrogens is 1. The summed E-state index contributed by atoms with van der Waals surface area (Å²) in [6.45, 7) is 4.75. The van der Waals surface area contributed by atoms with E-state index in [9.17, 15) is 14.7 Å². The molecule has 172 valence electrons. The van der Waals surface area contributed by atoms with Crippen LogP contribution < -0.4 is 10.6 Å². The van der Waals surface area contributed by atoms with E-state index in [1.54, 1.807) is 18.7 Å². The van der Waals surface area contributed by atoms with Crippen LogP contribution in [0.3, 0.4) is 0 Å². The zero-order chi connectivity index (χ0) is 22.0. The maximum atomic E-state index is 13.1. The van der Waals surface area contributed by atoms with Gasteiger partial charge in [-0.25, -0.2) is 4.79 Å². The number of rotatable bonds is 5. The maximum Gasteiger partial charge on any atom is 0.322 e. The molecule has 10 heteroatoms. The van der Waals surface area contributed by atoms with Gasteiger partial charge in [-0.05, 0) is 45.4 Å². The van der Waals surface area contributed by atoms with Gasteiger partial charge in [-0.15, -0.1) is 0 Å². The van der Waals surface area contributed by atoms with E-state index in [1.165, 1.54) is 12.8 Å². The smallest absolute Gasteiger partial charge is 0.322 e. The Morgan fingerprint density at radius 1 is 1.19 bits per heavy atom. The Hall–Kier alpha value is -2.17. The van der Waals surface area contributed by atoms with Crippen molar-refractivity contribution in [1.82, 2.24) is 15.4 Å². The minimum Gasteiger partial charge on any atom is -0.389 e. The average Bonchev–Trinajstić information content (AvgIpc) is 3.51. The lowest BCUT2D eigenvalue weighted by Gasteiger charge is -2.44. The normalized spacial score (nSPS) is 28.9. The molecule has 31 heavy (non-hydrogen) atoms. The zero-order valence-electron chi connectivity index (χ0n) is 18.1. The molecule has 2 aliphatic heterocycles. The maximum absolute atomic E-state index is 13.1. The number of nitrogens with one attached hydrogen (secondary N) is 2. The first-order chi connectivity index (χ1) is 14.9. The number of fused-ring (bicyclic) bond motifs is 1. The molecule has 1 saturated carbocycles. The summed E-state index contributed by atoms with van der Waals surface area (Å²) in [5.74, 6) is 1.16. The molecule has 0 spiro atoms. The largest absolute Gasteiger partial charge is 0.389 e.